The van der Waals surface area contributed by atoms with Crippen molar-refractivity contribution < 1.29 is 21.6 Å². The summed E-state index contributed by atoms with van der Waals surface area (Å²) in [4.78, 5) is 13.0. The number of amides is 1. The number of carbonyl (C=O) groups excluding carboxylic acids is 1. The quantitative estimate of drug-likeness (QED) is 0.686. The standard InChI is InChI=1S/C18H23N3O5S3/c1-12-9-15(28(19,23)24)11-16(13(12)2)20-17(22)10-14-5-6-18(27-14)29(25,26)21-7-3-4-8-21/h5-6,9,11H,3-4,7-8,10H2,1-2H3,(H,20,22)(H2,19,23,24). The molecule has 1 aliphatic rings. The summed E-state index contributed by atoms with van der Waals surface area (Å²) in [6, 6.07) is 5.94. The van der Waals surface area contributed by atoms with Gasteiger partial charge in [-0.25, -0.2) is 22.0 Å². The lowest BCUT2D eigenvalue weighted by Gasteiger charge is -2.13. The molecule has 8 nitrogen and oxygen atoms in total. The van der Waals surface area contributed by atoms with Crippen LogP contribution in [0.3, 0.4) is 0 Å². The lowest BCUT2D eigenvalue weighted by atomic mass is 10.1. The molecule has 1 saturated heterocycles. The zero-order valence-corrected chi connectivity index (χ0v) is 18.6. The van der Waals surface area contributed by atoms with Gasteiger partial charge in [-0.05, 0) is 62.1 Å². The molecule has 29 heavy (non-hydrogen) atoms. The maximum absolute atomic E-state index is 12.6. The Balaban J connectivity index is 1.76. The Morgan fingerprint density at radius 3 is 2.41 bits per heavy atom. The summed E-state index contributed by atoms with van der Waals surface area (Å²) in [5.41, 5.74) is 1.77. The smallest absolute Gasteiger partial charge is 0.252 e. The third-order valence-electron chi connectivity index (χ3n) is 4.87. The van der Waals surface area contributed by atoms with Crippen molar-refractivity contribution in [3.63, 3.8) is 0 Å². The maximum Gasteiger partial charge on any atom is 0.252 e. The topological polar surface area (TPSA) is 127 Å². The molecule has 3 rings (SSSR count). The SMILES string of the molecule is Cc1cc(S(N)(=O)=O)cc(NC(=O)Cc2ccc(S(=O)(=O)N3CCCC3)s2)c1C. The second-order valence-electron chi connectivity index (χ2n) is 7.01. The number of carbonyl (C=O) groups is 1. The van der Waals surface area contributed by atoms with Crippen molar-refractivity contribution >= 4 is 43.0 Å². The van der Waals surface area contributed by atoms with E-state index in [9.17, 15) is 21.6 Å². The summed E-state index contributed by atoms with van der Waals surface area (Å²) in [6.45, 7) is 4.54. The summed E-state index contributed by atoms with van der Waals surface area (Å²) in [5.74, 6) is -0.369. The van der Waals surface area contributed by atoms with Gasteiger partial charge in [0.1, 0.15) is 4.21 Å². The average molecular weight is 458 g/mol. The van der Waals surface area contributed by atoms with E-state index in [1.807, 2.05) is 0 Å². The molecule has 1 aromatic carbocycles. The number of primary sulfonamides is 1. The van der Waals surface area contributed by atoms with E-state index in [2.05, 4.69) is 5.32 Å². The van der Waals surface area contributed by atoms with Crippen LogP contribution < -0.4 is 10.5 Å². The first-order valence-corrected chi connectivity index (χ1v) is 12.8. The first-order chi connectivity index (χ1) is 13.5. The van der Waals surface area contributed by atoms with Gasteiger partial charge in [-0.15, -0.1) is 11.3 Å². The van der Waals surface area contributed by atoms with E-state index in [0.29, 0.717) is 29.2 Å². The Bertz CT molecular complexity index is 1150. The van der Waals surface area contributed by atoms with E-state index in [-0.39, 0.29) is 21.4 Å². The number of sulfonamides is 2. The van der Waals surface area contributed by atoms with Crippen LogP contribution in [0, 0.1) is 13.8 Å². The highest BCUT2D eigenvalue weighted by Crippen LogP contribution is 2.28. The number of nitrogens with zero attached hydrogens (tertiary/aromatic N) is 1. The van der Waals surface area contributed by atoms with Crippen LogP contribution in [0.5, 0.6) is 0 Å². The third-order valence-corrected chi connectivity index (χ3v) is 9.22. The van der Waals surface area contributed by atoms with E-state index in [0.717, 1.165) is 29.7 Å². The number of nitrogens with two attached hydrogens (primary N) is 1. The number of rotatable bonds is 6. The molecule has 2 aromatic rings. The van der Waals surface area contributed by atoms with E-state index in [1.165, 1.54) is 22.5 Å². The molecule has 0 bridgehead atoms. The largest absolute Gasteiger partial charge is 0.325 e. The van der Waals surface area contributed by atoms with Gasteiger partial charge in [0.2, 0.25) is 15.9 Å². The minimum absolute atomic E-state index is 0.0156. The summed E-state index contributed by atoms with van der Waals surface area (Å²) < 4.78 is 50.2. The molecule has 3 N–H and O–H groups in total. The highest BCUT2D eigenvalue weighted by molar-refractivity contribution is 7.91. The lowest BCUT2D eigenvalue weighted by Crippen LogP contribution is -2.27. The number of thiophene rings is 1. The van der Waals surface area contributed by atoms with Crippen molar-refractivity contribution in [2.45, 2.75) is 42.2 Å². The van der Waals surface area contributed by atoms with Crippen LogP contribution in [0.25, 0.3) is 0 Å². The van der Waals surface area contributed by atoms with Crippen molar-refractivity contribution in [1.29, 1.82) is 0 Å². The van der Waals surface area contributed by atoms with Crippen LogP contribution in [0.1, 0.15) is 28.8 Å². The van der Waals surface area contributed by atoms with Gasteiger partial charge < -0.3 is 5.32 Å². The van der Waals surface area contributed by atoms with E-state index < -0.39 is 20.0 Å². The average Bonchev–Trinajstić information content (AvgIpc) is 3.30. The molecule has 1 aliphatic heterocycles. The van der Waals surface area contributed by atoms with Gasteiger partial charge in [-0.3, -0.25) is 4.79 Å². The van der Waals surface area contributed by atoms with Crippen molar-refractivity contribution in [2.24, 2.45) is 5.14 Å². The van der Waals surface area contributed by atoms with Crippen LogP contribution >= 0.6 is 11.3 Å². The van der Waals surface area contributed by atoms with E-state index in [4.69, 9.17) is 5.14 Å². The van der Waals surface area contributed by atoms with Crippen LogP contribution in [0.2, 0.25) is 0 Å². The van der Waals surface area contributed by atoms with Crippen LogP contribution in [-0.4, -0.2) is 40.1 Å². The van der Waals surface area contributed by atoms with Crippen molar-refractivity contribution in [3.8, 4) is 0 Å². The molecule has 0 radical (unpaired) electrons. The minimum Gasteiger partial charge on any atom is -0.325 e. The molecule has 0 spiro atoms. The zero-order chi connectivity index (χ0) is 21.4. The Kier molecular flexibility index (Phi) is 6.16. The molecule has 0 aliphatic carbocycles. The van der Waals surface area contributed by atoms with Crippen LogP contribution in [0.15, 0.2) is 33.4 Å². The van der Waals surface area contributed by atoms with Gasteiger partial charge in [0.05, 0.1) is 11.3 Å². The minimum atomic E-state index is -3.90. The van der Waals surface area contributed by atoms with Crippen LogP contribution in [-0.2, 0) is 31.3 Å². The van der Waals surface area contributed by atoms with Crippen molar-refractivity contribution in [1.82, 2.24) is 4.31 Å². The summed E-state index contributed by atoms with van der Waals surface area (Å²) in [6.07, 6.45) is 1.70. The number of anilines is 1. The first-order valence-electron chi connectivity index (χ1n) is 9.01. The fourth-order valence-corrected chi connectivity index (χ4v) is 6.77. The maximum atomic E-state index is 12.6. The molecule has 0 unspecified atom stereocenters. The lowest BCUT2D eigenvalue weighted by molar-refractivity contribution is -0.115. The van der Waals surface area contributed by atoms with E-state index in [1.54, 1.807) is 19.9 Å². The molecule has 0 saturated carbocycles. The van der Waals surface area contributed by atoms with Gasteiger partial charge in [-0.2, -0.15) is 4.31 Å². The monoisotopic (exact) mass is 457 g/mol. The molecule has 11 heteroatoms. The number of hydrogen-bond acceptors (Lipinski definition) is 6. The summed E-state index contributed by atoms with van der Waals surface area (Å²) in [7, 11) is -7.41. The molecule has 1 fully saturated rings. The second kappa shape index (κ2) is 8.15. The zero-order valence-electron chi connectivity index (χ0n) is 16.1. The normalized spacial score (nSPS) is 15.6. The summed E-state index contributed by atoms with van der Waals surface area (Å²) >= 11 is 1.07. The molecular weight excluding hydrogens is 434 g/mol. The van der Waals surface area contributed by atoms with Crippen molar-refractivity contribution in [2.75, 3.05) is 18.4 Å². The van der Waals surface area contributed by atoms with Gasteiger partial charge >= 0.3 is 0 Å². The number of benzene rings is 1. The second-order valence-corrected chi connectivity index (χ2v) is 11.9. The first kappa shape index (κ1) is 21.9. The number of aryl methyl sites for hydroxylation is 1. The highest BCUT2D eigenvalue weighted by Gasteiger charge is 2.28. The Morgan fingerprint density at radius 2 is 1.79 bits per heavy atom. The number of nitrogens with one attached hydrogen (secondary N) is 1. The fraction of sp³-hybridized carbons (Fsp3) is 0.389. The van der Waals surface area contributed by atoms with Crippen molar-refractivity contribution in [3.05, 3.63) is 40.3 Å². The molecule has 0 atom stereocenters. The predicted octanol–water partition coefficient (Wildman–Crippen LogP) is 1.98. The summed E-state index contributed by atoms with van der Waals surface area (Å²) in [5, 5.41) is 7.90. The molecule has 1 aromatic heterocycles. The Morgan fingerprint density at radius 1 is 1.14 bits per heavy atom. The molecule has 158 valence electrons. The van der Waals surface area contributed by atoms with Gasteiger partial charge in [0.25, 0.3) is 10.0 Å². The van der Waals surface area contributed by atoms with E-state index >= 15 is 0 Å². The molecule has 2 heterocycles. The molecule has 1 amide bonds. The number of hydrogen-bond donors (Lipinski definition) is 2. The third kappa shape index (κ3) is 4.86. The fourth-order valence-electron chi connectivity index (χ4n) is 3.12. The Labute approximate surface area is 174 Å². The van der Waals surface area contributed by atoms with Gasteiger partial charge in [0.15, 0.2) is 0 Å². The van der Waals surface area contributed by atoms with Crippen LogP contribution in [0.4, 0.5) is 5.69 Å². The van der Waals surface area contributed by atoms with Gasteiger partial charge in [0, 0.05) is 23.7 Å². The highest BCUT2D eigenvalue weighted by atomic mass is 32.2. The predicted molar refractivity (Wildman–Crippen MR) is 112 cm³/mol. The van der Waals surface area contributed by atoms with Gasteiger partial charge in [-0.1, -0.05) is 0 Å². The molecular formula is C18H23N3O5S3. The Hall–Kier alpha value is -1.79.